The molecule has 2 aromatic rings. The topological polar surface area (TPSA) is 55.3 Å². The third kappa shape index (κ3) is 4.12. The summed E-state index contributed by atoms with van der Waals surface area (Å²) in [5, 5.41) is 0. The van der Waals surface area contributed by atoms with Crippen LogP contribution in [-0.4, -0.2) is 40.0 Å². The molecule has 0 bridgehead atoms. The van der Waals surface area contributed by atoms with E-state index in [9.17, 15) is 4.79 Å². The molecule has 0 spiro atoms. The number of carbonyl (C=O) groups is 1. The average molecular weight is 390 g/mol. The molecule has 3 rings (SSSR count). The van der Waals surface area contributed by atoms with Gasteiger partial charge in [0.15, 0.2) is 0 Å². The van der Waals surface area contributed by atoms with Gasteiger partial charge in [-0.3, -0.25) is 4.79 Å². The number of nitrogens with zero attached hydrogens (tertiary/aromatic N) is 3. The van der Waals surface area contributed by atoms with Gasteiger partial charge in [0.1, 0.15) is 11.9 Å². The molecule has 0 aliphatic carbocycles. The number of ether oxygens (including phenoxy) is 1. The molecular formula is C18H20BrN3O2. The highest BCUT2D eigenvalue weighted by molar-refractivity contribution is 9.10. The maximum Gasteiger partial charge on any atom is 0.253 e. The van der Waals surface area contributed by atoms with Gasteiger partial charge in [0, 0.05) is 47.7 Å². The molecule has 1 amide bonds. The molecule has 0 saturated carbocycles. The molecule has 0 N–H and O–H groups in total. The quantitative estimate of drug-likeness (QED) is 0.805. The Morgan fingerprint density at radius 3 is 2.46 bits per heavy atom. The fraction of sp³-hybridized carbons (Fsp3) is 0.389. The molecule has 1 aliphatic rings. The summed E-state index contributed by atoms with van der Waals surface area (Å²) in [5.74, 6) is 1.42. The van der Waals surface area contributed by atoms with E-state index in [-0.39, 0.29) is 12.0 Å². The van der Waals surface area contributed by atoms with Crippen LogP contribution in [0.3, 0.4) is 0 Å². The van der Waals surface area contributed by atoms with Crippen LogP contribution in [0.25, 0.3) is 0 Å². The molecule has 1 aromatic carbocycles. The second-order valence-corrected chi connectivity index (χ2v) is 6.93. The minimum atomic E-state index is 0.0784. The van der Waals surface area contributed by atoms with Crippen LogP contribution in [-0.2, 0) is 0 Å². The van der Waals surface area contributed by atoms with Crippen molar-refractivity contribution in [2.45, 2.75) is 32.8 Å². The van der Waals surface area contributed by atoms with E-state index < -0.39 is 0 Å². The number of carbonyl (C=O) groups excluding carboxylic acids is 1. The lowest BCUT2D eigenvalue weighted by atomic mass is 10.1. The molecule has 1 aromatic heterocycles. The third-order valence-electron chi connectivity index (χ3n) is 4.05. The van der Waals surface area contributed by atoms with Gasteiger partial charge >= 0.3 is 0 Å². The van der Waals surface area contributed by atoms with Gasteiger partial charge in [-0.1, -0.05) is 15.9 Å². The average Bonchev–Trinajstić information content (AvgIpc) is 2.55. The van der Waals surface area contributed by atoms with E-state index in [1.165, 1.54) is 0 Å². The number of amides is 1. The van der Waals surface area contributed by atoms with Crippen molar-refractivity contribution >= 4 is 21.8 Å². The number of piperidine rings is 1. The molecule has 24 heavy (non-hydrogen) atoms. The lowest BCUT2D eigenvalue weighted by molar-refractivity contribution is 0.0587. The number of likely N-dealkylation sites (tertiary alicyclic amines) is 1. The summed E-state index contributed by atoms with van der Waals surface area (Å²) in [4.78, 5) is 23.0. The molecule has 1 aliphatic heterocycles. The molecule has 6 heteroatoms. The van der Waals surface area contributed by atoms with Gasteiger partial charge in [0.2, 0.25) is 5.88 Å². The highest BCUT2D eigenvalue weighted by Crippen LogP contribution is 2.20. The Bertz CT molecular complexity index is 705. The van der Waals surface area contributed by atoms with E-state index in [1.807, 2.05) is 49.1 Å². The zero-order valence-corrected chi connectivity index (χ0v) is 15.4. The Balaban J connectivity index is 1.57. The first kappa shape index (κ1) is 16.9. The van der Waals surface area contributed by atoms with Crippen LogP contribution in [0.2, 0.25) is 0 Å². The summed E-state index contributed by atoms with van der Waals surface area (Å²) in [6.07, 6.45) is 1.71. The van der Waals surface area contributed by atoms with E-state index >= 15 is 0 Å². The number of hydrogen-bond donors (Lipinski definition) is 0. The highest BCUT2D eigenvalue weighted by atomic mass is 79.9. The summed E-state index contributed by atoms with van der Waals surface area (Å²) >= 11 is 3.39. The monoisotopic (exact) mass is 389 g/mol. The van der Waals surface area contributed by atoms with Gasteiger partial charge in [-0.2, -0.15) is 4.98 Å². The van der Waals surface area contributed by atoms with Crippen molar-refractivity contribution in [2.75, 3.05) is 13.1 Å². The number of aromatic nitrogens is 2. The van der Waals surface area contributed by atoms with Gasteiger partial charge in [0.25, 0.3) is 5.91 Å². The van der Waals surface area contributed by atoms with Crippen LogP contribution in [0.1, 0.15) is 34.7 Å². The fourth-order valence-corrected chi connectivity index (χ4v) is 3.13. The van der Waals surface area contributed by atoms with Crippen molar-refractivity contribution in [3.63, 3.8) is 0 Å². The molecule has 2 heterocycles. The van der Waals surface area contributed by atoms with Crippen LogP contribution in [0.15, 0.2) is 34.8 Å². The van der Waals surface area contributed by atoms with E-state index in [2.05, 4.69) is 25.9 Å². The molecule has 0 unspecified atom stereocenters. The minimum Gasteiger partial charge on any atom is -0.474 e. The molecular weight excluding hydrogens is 370 g/mol. The predicted molar refractivity (Wildman–Crippen MR) is 95.2 cm³/mol. The lowest BCUT2D eigenvalue weighted by Crippen LogP contribution is -2.41. The Morgan fingerprint density at radius 2 is 1.83 bits per heavy atom. The Hall–Kier alpha value is -1.95. The van der Waals surface area contributed by atoms with Gasteiger partial charge in [-0.15, -0.1) is 0 Å². The van der Waals surface area contributed by atoms with Crippen molar-refractivity contribution in [3.8, 4) is 5.88 Å². The third-order valence-corrected chi connectivity index (χ3v) is 4.58. The molecule has 1 saturated heterocycles. The van der Waals surface area contributed by atoms with Crippen molar-refractivity contribution < 1.29 is 9.53 Å². The van der Waals surface area contributed by atoms with Crippen LogP contribution in [0, 0.1) is 13.8 Å². The smallest absolute Gasteiger partial charge is 0.253 e. The first-order valence-corrected chi connectivity index (χ1v) is 8.84. The number of halogens is 1. The SMILES string of the molecule is Cc1cc(OC2CCN(C(=O)c3ccc(Br)cc3)CC2)nc(C)n1. The van der Waals surface area contributed by atoms with Crippen LogP contribution in [0.5, 0.6) is 5.88 Å². The standard InChI is InChI=1S/C18H20BrN3O2/c1-12-11-17(21-13(2)20-12)24-16-7-9-22(10-8-16)18(23)14-3-5-15(19)6-4-14/h3-6,11,16H,7-10H2,1-2H3. The first-order chi connectivity index (χ1) is 11.5. The number of hydrogen-bond acceptors (Lipinski definition) is 4. The summed E-state index contributed by atoms with van der Waals surface area (Å²) < 4.78 is 6.94. The maximum atomic E-state index is 12.5. The first-order valence-electron chi connectivity index (χ1n) is 8.05. The van der Waals surface area contributed by atoms with Gasteiger partial charge < -0.3 is 9.64 Å². The second-order valence-electron chi connectivity index (χ2n) is 6.01. The minimum absolute atomic E-state index is 0.0784. The van der Waals surface area contributed by atoms with Gasteiger partial charge in [0.05, 0.1) is 0 Å². The fourth-order valence-electron chi connectivity index (χ4n) is 2.87. The van der Waals surface area contributed by atoms with E-state index in [1.54, 1.807) is 0 Å². The summed E-state index contributed by atoms with van der Waals surface area (Å²) in [7, 11) is 0. The Kier molecular flexibility index (Phi) is 5.14. The Labute approximate surface area is 150 Å². The van der Waals surface area contributed by atoms with E-state index in [0.29, 0.717) is 24.8 Å². The largest absolute Gasteiger partial charge is 0.474 e. The molecule has 0 atom stereocenters. The normalized spacial score (nSPS) is 15.4. The van der Waals surface area contributed by atoms with Gasteiger partial charge in [-0.25, -0.2) is 4.98 Å². The number of rotatable bonds is 3. The summed E-state index contributed by atoms with van der Waals surface area (Å²) in [6, 6.07) is 9.33. The highest BCUT2D eigenvalue weighted by Gasteiger charge is 2.25. The zero-order valence-electron chi connectivity index (χ0n) is 13.8. The number of aryl methyl sites for hydroxylation is 2. The predicted octanol–water partition coefficient (Wildman–Crippen LogP) is 3.54. The van der Waals surface area contributed by atoms with E-state index in [4.69, 9.17) is 4.74 Å². The second kappa shape index (κ2) is 7.30. The Morgan fingerprint density at radius 1 is 1.17 bits per heavy atom. The molecule has 1 fully saturated rings. The van der Waals surface area contributed by atoms with Crippen LogP contribution in [0.4, 0.5) is 0 Å². The van der Waals surface area contributed by atoms with Crippen LogP contribution < -0.4 is 4.74 Å². The van der Waals surface area contributed by atoms with Crippen molar-refractivity contribution in [1.82, 2.24) is 14.9 Å². The maximum absolute atomic E-state index is 12.5. The van der Waals surface area contributed by atoms with Crippen LogP contribution >= 0.6 is 15.9 Å². The summed E-state index contributed by atoms with van der Waals surface area (Å²) in [5.41, 5.74) is 1.62. The lowest BCUT2D eigenvalue weighted by Gasteiger charge is -2.32. The van der Waals surface area contributed by atoms with Crippen molar-refractivity contribution in [3.05, 3.63) is 51.9 Å². The van der Waals surface area contributed by atoms with E-state index in [0.717, 1.165) is 28.6 Å². The molecule has 0 radical (unpaired) electrons. The number of benzene rings is 1. The molecule has 5 nitrogen and oxygen atoms in total. The molecule has 126 valence electrons. The van der Waals surface area contributed by atoms with Crippen molar-refractivity contribution in [2.24, 2.45) is 0 Å². The van der Waals surface area contributed by atoms with Crippen molar-refractivity contribution in [1.29, 1.82) is 0 Å². The summed E-state index contributed by atoms with van der Waals surface area (Å²) in [6.45, 7) is 5.19. The van der Waals surface area contributed by atoms with Gasteiger partial charge in [-0.05, 0) is 38.1 Å². The zero-order chi connectivity index (χ0) is 17.1.